The Morgan fingerprint density at radius 1 is 1.47 bits per heavy atom. The first kappa shape index (κ1) is 13.6. The minimum Gasteiger partial charge on any atom is -0.464 e. The van der Waals surface area contributed by atoms with Crippen molar-refractivity contribution < 1.29 is 14.6 Å². The molecular weight excluding hydrogens is 222 g/mol. The number of carbonyl (C=O) groups is 1. The lowest BCUT2D eigenvalue weighted by Gasteiger charge is -2.11. The second kappa shape index (κ2) is 5.77. The Hall–Kier alpha value is -1.43. The van der Waals surface area contributed by atoms with Crippen LogP contribution in [0, 0.1) is 0 Å². The number of rotatable bonds is 5. The van der Waals surface area contributed by atoms with Gasteiger partial charge < -0.3 is 9.84 Å². The van der Waals surface area contributed by atoms with Crippen LogP contribution in [-0.2, 0) is 11.3 Å². The van der Waals surface area contributed by atoms with Gasteiger partial charge >= 0.3 is 5.97 Å². The maximum Gasteiger partial charge on any atom is 0.360 e. The molecule has 0 bridgehead atoms. The summed E-state index contributed by atoms with van der Waals surface area (Å²) < 4.78 is 6.32. The van der Waals surface area contributed by atoms with Gasteiger partial charge in [-0.15, -0.1) is 5.10 Å². The van der Waals surface area contributed by atoms with Crippen LogP contribution in [0.25, 0.3) is 0 Å². The molecule has 96 valence electrons. The summed E-state index contributed by atoms with van der Waals surface area (Å²) in [4.78, 5) is 11.5. The van der Waals surface area contributed by atoms with Crippen LogP contribution in [0.15, 0.2) is 0 Å². The maximum absolute atomic E-state index is 11.5. The SMILES string of the molecule is COC(=O)c1nnn(CCC(C)O)c1C(C)C. The summed E-state index contributed by atoms with van der Waals surface area (Å²) in [6.45, 7) is 6.18. The van der Waals surface area contributed by atoms with Crippen LogP contribution in [0.4, 0.5) is 0 Å². The number of aliphatic hydroxyl groups excluding tert-OH is 1. The molecule has 0 fully saturated rings. The van der Waals surface area contributed by atoms with Crippen LogP contribution in [0.3, 0.4) is 0 Å². The van der Waals surface area contributed by atoms with E-state index in [0.717, 1.165) is 5.69 Å². The van der Waals surface area contributed by atoms with Gasteiger partial charge in [-0.05, 0) is 19.3 Å². The molecule has 1 aromatic heterocycles. The maximum atomic E-state index is 11.5. The van der Waals surface area contributed by atoms with Crippen LogP contribution in [0.1, 0.15) is 49.3 Å². The zero-order chi connectivity index (χ0) is 13.0. The van der Waals surface area contributed by atoms with Gasteiger partial charge in [0.05, 0.1) is 18.9 Å². The number of methoxy groups -OCH3 is 1. The van der Waals surface area contributed by atoms with E-state index in [1.165, 1.54) is 7.11 Å². The summed E-state index contributed by atoms with van der Waals surface area (Å²) in [6.07, 6.45) is 0.171. The Kier molecular flexibility index (Phi) is 4.62. The van der Waals surface area contributed by atoms with Crippen molar-refractivity contribution >= 4 is 5.97 Å². The Morgan fingerprint density at radius 2 is 2.12 bits per heavy atom. The highest BCUT2D eigenvalue weighted by atomic mass is 16.5. The first-order chi connectivity index (χ1) is 7.97. The van der Waals surface area contributed by atoms with Gasteiger partial charge in [-0.1, -0.05) is 19.1 Å². The van der Waals surface area contributed by atoms with E-state index >= 15 is 0 Å². The summed E-state index contributed by atoms with van der Waals surface area (Å²) in [5.74, 6) is -0.356. The van der Waals surface area contributed by atoms with Crippen LogP contribution in [0.5, 0.6) is 0 Å². The van der Waals surface area contributed by atoms with Gasteiger partial charge in [0.1, 0.15) is 0 Å². The van der Waals surface area contributed by atoms with E-state index in [2.05, 4.69) is 15.0 Å². The first-order valence-electron chi connectivity index (χ1n) is 5.67. The number of ether oxygens (including phenoxy) is 1. The van der Waals surface area contributed by atoms with Crippen molar-refractivity contribution in [1.82, 2.24) is 15.0 Å². The lowest BCUT2D eigenvalue weighted by atomic mass is 10.1. The third kappa shape index (κ3) is 3.26. The molecule has 0 aromatic carbocycles. The largest absolute Gasteiger partial charge is 0.464 e. The van der Waals surface area contributed by atoms with Crippen molar-refractivity contribution in [3.63, 3.8) is 0 Å². The molecule has 0 saturated carbocycles. The Morgan fingerprint density at radius 3 is 2.59 bits per heavy atom. The zero-order valence-electron chi connectivity index (χ0n) is 10.7. The summed E-state index contributed by atoms with van der Waals surface area (Å²) in [5.41, 5.74) is 1.01. The average molecular weight is 241 g/mol. The van der Waals surface area contributed by atoms with Crippen molar-refractivity contribution in [2.75, 3.05) is 7.11 Å². The van der Waals surface area contributed by atoms with Crippen molar-refractivity contribution in [2.45, 2.75) is 45.8 Å². The molecule has 1 unspecified atom stereocenters. The second-order valence-corrected chi connectivity index (χ2v) is 4.33. The number of nitrogens with zero attached hydrogens (tertiary/aromatic N) is 3. The van der Waals surface area contributed by atoms with Gasteiger partial charge in [-0.25, -0.2) is 9.48 Å². The molecule has 6 heteroatoms. The van der Waals surface area contributed by atoms with Crippen LogP contribution in [-0.4, -0.2) is 39.3 Å². The molecule has 0 amide bonds. The van der Waals surface area contributed by atoms with E-state index < -0.39 is 12.1 Å². The molecule has 1 aromatic rings. The Bertz CT molecular complexity index is 385. The highest BCUT2D eigenvalue weighted by Crippen LogP contribution is 2.18. The van der Waals surface area contributed by atoms with E-state index in [4.69, 9.17) is 0 Å². The minimum absolute atomic E-state index is 0.119. The number of aromatic nitrogens is 3. The van der Waals surface area contributed by atoms with E-state index in [-0.39, 0.29) is 11.6 Å². The standard InChI is InChI=1S/C11H19N3O3/c1-7(2)10-9(11(16)17-4)12-13-14(10)6-5-8(3)15/h7-8,15H,5-6H2,1-4H3. The lowest BCUT2D eigenvalue weighted by molar-refractivity contribution is 0.0592. The fraction of sp³-hybridized carbons (Fsp3) is 0.727. The van der Waals surface area contributed by atoms with E-state index in [1.807, 2.05) is 13.8 Å². The van der Waals surface area contributed by atoms with Gasteiger partial charge in [-0.2, -0.15) is 0 Å². The molecule has 1 atom stereocenters. The quantitative estimate of drug-likeness (QED) is 0.777. The summed E-state index contributed by atoms with van der Waals surface area (Å²) >= 11 is 0. The molecule has 0 saturated heterocycles. The second-order valence-electron chi connectivity index (χ2n) is 4.33. The number of hydrogen-bond donors (Lipinski definition) is 1. The van der Waals surface area contributed by atoms with Crippen LogP contribution in [0.2, 0.25) is 0 Å². The molecule has 1 N–H and O–H groups in total. The fourth-order valence-electron chi connectivity index (χ4n) is 1.61. The van der Waals surface area contributed by atoms with Crippen molar-refractivity contribution in [2.24, 2.45) is 0 Å². The number of esters is 1. The van der Waals surface area contributed by atoms with Crippen molar-refractivity contribution in [3.8, 4) is 0 Å². The van der Waals surface area contributed by atoms with Gasteiger partial charge in [0, 0.05) is 6.54 Å². The van der Waals surface area contributed by atoms with Crippen LogP contribution < -0.4 is 0 Å². The smallest absolute Gasteiger partial charge is 0.360 e. The number of hydrogen-bond acceptors (Lipinski definition) is 5. The van der Waals surface area contributed by atoms with Gasteiger partial charge in [-0.3, -0.25) is 0 Å². The predicted octanol–water partition coefficient (Wildman–Crippen LogP) is 0.959. The van der Waals surface area contributed by atoms with E-state index in [9.17, 15) is 9.90 Å². The molecule has 17 heavy (non-hydrogen) atoms. The minimum atomic E-state index is -0.475. The van der Waals surface area contributed by atoms with Crippen molar-refractivity contribution in [1.29, 1.82) is 0 Å². The first-order valence-corrected chi connectivity index (χ1v) is 5.67. The highest BCUT2D eigenvalue weighted by Gasteiger charge is 2.22. The third-order valence-electron chi connectivity index (χ3n) is 2.46. The van der Waals surface area contributed by atoms with Gasteiger partial charge in [0.15, 0.2) is 5.69 Å². The molecule has 0 spiro atoms. The fourth-order valence-corrected chi connectivity index (χ4v) is 1.61. The zero-order valence-corrected chi connectivity index (χ0v) is 10.7. The lowest BCUT2D eigenvalue weighted by Crippen LogP contribution is -2.14. The van der Waals surface area contributed by atoms with Gasteiger partial charge in [0.2, 0.25) is 0 Å². The molecule has 6 nitrogen and oxygen atoms in total. The predicted molar refractivity (Wildman–Crippen MR) is 61.7 cm³/mol. The third-order valence-corrected chi connectivity index (χ3v) is 2.46. The number of carbonyl (C=O) groups excluding carboxylic acids is 1. The molecular formula is C11H19N3O3. The summed E-state index contributed by atoms with van der Waals surface area (Å²) in [5, 5.41) is 17.0. The molecule has 0 radical (unpaired) electrons. The van der Waals surface area contributed by atoms with E-state index in [1.54, 1.807) is 11.6 Å². The molecule has 1 heterocycles. The Balaban J connectivity index is 2.98. The molecule has 0 aliphatic rings. The van der Waals surface area contributed by atoms with Gasteiger partial charge in [0.25, 0.3) is 0 Å². The topological polar surface area (TPSA) is 77.2 Å². The number of aliphatic hydroxyl groups is 1. The monoisotopic (exact) mass is 241 g/mol. The molecule has 0 aliphatic carbocycles. The number of aryl methyl sites for hydroxylation is 1. The highest BCUT2D eigenvalue weighted by molar-refractivity contribution is 5.88. The molecule has 0 aliphatic heterocycles. The average Bonchev–Trinajstić information content (AvgIpc) is 2.68. The summed E-state index contributed by atoms with van der Waals surface area (Å²) in [7, 11) is 1.32. The van der Waals surface area contributed by atoms with Crippen LogP contribution >= 0.6 is 0 Å². The van der Waals surface area contributed by atoms with Crippen molar-refractivity contribution in [3.05, 3.63) is 11.4 Å². The summed E-state index contributed by atoms with van der Waals surface area (Å²) in [6, 6.07) is 0. The normalized spacial score (nSPS) is 12.8. The van der Waals surface area contributed by atoms with E-state index in [0.29, 0.717) is 13.0 Å². The molecule has 1 rings (SSSR count). The Labute approximate surface area is 101 Å².